The summed E-state index contributed by atoms with van der Waals surface area (Å²) in [5, 5.41) is 0. The monoisotopic (exact) mass is 892 g/mol. The topological polar surface area (TPSA) is 6.48 Å². The summed E-state index contributed by atoms with van der Waals surface area (Å²) in [6.45, 7) is 18.8. The summed E-state index contributed by atoms with van der Waals surface area (Å²) in [6.07, 6.45) is 0. The molecular formula is C66H61BN2. The number of hydrogen-bond donors (Lipinski definition) is 0. The van der Waals surface area contributed by atoms with Gasteiger partial charge in [0.1, 0.15) is 0 Å². The first-order valence-electron chi connectivity index (χ1n) is 24.7. The molecule has 0 amide bonds. The largest absolute Gasteiger partial charge is 0.311 e. The maximum atomic E-state index is 2.56. The number of rotatable bonds is 10. The lowest BCUT2D eigenvalue weighted by Crippen LogP contribution is -2.61. The van der Waals surface area contributed by atoms with Gasteiger partial charge in [-0.1, -0.05) is 231 Å². The zero-order chi connectivity index (χ0) is 47.7. The van der Waals surface area contributed by atoms with Crippen molar-refractivity contribution in [3.8, 4) is 0 Å². The van der Waals surface area contributed by atoms with E-state index in [1.54, 1.807) is 0 Å². The summed E-state index contributed by atoms with van der Waals surface area (Å²) in [5.41, 5.74) is 20.5. The Morgan fingerprint density at radius 2 is 0.551 bits per heavy atom. The number of nitrogens with zero attached hydrogens (tertiary/aromatic N) is 2. The van der Waals surface area contributed by atoms with Gasteiger partial charge in [0.15, 0.2) is 0 Å². The zero-order valence-electron chi connectivity index (χ0n) is 41.3. The van der Waals surface area contributed by atoms with Gasteiger partial charge in [-0.05, 0) is 109 Å². The van der Waals surface area contributed by atoms with Crippen LogP contribution >= 0.6 is 0 Å². The fraction of sp³-hybridized carbons (Fsp3) is 0.182. The Balaban J connectivity index is 1.18. The maximum absolute atomic E-state index is 2.56. The molecule has 0 spiro atoms. The predicted octanol–water partition coefficient (Wildman–Crippen LogP) is 15.1. The van der Waals surface area contributed by atoms with Crippen LogP contribution in [0.15, 0.2) is 224 Å². The standard InChI is InChI=1S/C66H61BN2/c1-63(2,46-24-13-9-14-25-46)50-32-21-34-54(42-50)68-58-40-38-52(65(5,6)48-28-17-11-18-29-48)44-56(58)67-57-45-53(66(7,8)49-30-19-12-20-31-49)39-41-59(57)69(61-37-23-36-60(68)62(61)67)55-35-22-33-51(43-55)64(3,4)47-26-15-10-16-27-47/h9-45H,1-8H3. The van der Waals surface area contributed by atoms with Crippen molar-refractivity contribution in [1.29, 1.82) is 0 Å². The third-order valence-corrected chi connectivity index (χ3v) is 16.1. The molecule has 338 valence electrons. The highest BCUT2D eigenvalue weighted by atomic mass is 15.2. The lowest BCUT2D eigenvalue weighted by molar-refractivity contribution is 0.640. The van der Waals surface area contributed by atoms with E-state index in [4.69, 9.17) is 0 Å². The van der Waals surface area contributed by atoms with Crippen LogP contribution in [0.3, 0.4) is 0 Å². The molecule has 0 saturated heterocycles. The second-order valence-corrected chi connectivity index (χ2v) is 21.4. The minimum absolute atomic E-state index is 0.0420. The summed E-state index contributed by atoms with van der Waals surface area (Å²) < 4.78 is 0. The highest BCUT2D eigenvalue weighted by Crippen LogP contribution is 2.47. The highest BCUT2D eigenvalue weighted by Gasteiger charge is 2.45. The highest BCUT2D eigenvalue weighted by molar-refractivity contribution is 7.00. The first-order valence-corrected chi connectivity index (χ1v) is 24.7. The van der Waals surface area contributed by atoms with Gasteiger partial charge >= 0.3 is 0 Å². The van der Waals surface area contributed by atoms with Crippen molar-refractivity contribution in [3.63, 3.8) is 0 Å². The van der Waals surface area contributed by atoms with E-state index >= 15 is 0 Å². The van der Waals surface area contributed by atoms with E-state index in [1.807, 2.05) is 0 Å². The summed E-state index contributed by atoms with van der Waals surface area (Å²) in [6, 6.07) is 84.2. The van der Waals surface area contributed by atoms with Gasteiger partial charge in [-0.2, -0.15) is 0 Å². The first-order chi connectivity index (χ1) is 33.3. The van der Waals surface area contributed by atoms with Crippen LogP contribution in [0.1, 0.15) is 99.9 Å². The first kappa shape index (κ1) is 44.2. The molecule has 0 N–H and O–H groups in total. The van der Waals surface area contributed by atoms with Gasteiger partial charge in [0.2, 0.25) is 0 Å². The Morgan fingerprint density at radius 3 is 0.884 bits per heavy atom. The molecule has 0 fully saturated rings. The van der Waals surface area contributed by atoms with E-state index in [9.17, 15) is 0 Å². The lowest BCUT2D eigenvalue weighted by atomic mass is 9.33. The smallest absolute Gasteiger partial charge is 0.252 e. The van der Waals surface area contributed by atoms with Crippen LogP contribution in [0.2, 0.25) is 0 Å². The molecule has 2 aliphatic rings. The molecule has 0 atom stereocenters. The molecular weight excluding hydrogens is 832 g/mol. The summed E-state index contributed by atoms with van der Waals surface area (Å²) in [4.78, 5) is 5.12. The Bertz CT molecular complexity index is 3110. The number of anilines is 6. The summed E-state index contributed by atoms with van der Waals surface area (Å²) >= 11 is 0. The number of benzene rings is 9. The van der Waals surface area contributed by atoms with E-state index in [-0.39, 0.29) is 28.4 Å². The fourth-order valence-corrected chi connectivity index (χ4v) is 11.4. The van der Waals surface area contributed by atoms with E-state index in [0.717, 1.165) is 11.4 Å². The molecule has 69 heavy (non-hydrogen) atoms. The Hall–Kier alpha value is -7.36. The summed E-state index contributed by atoms with van der Waals surface area (Å²) in [7, 11) is 0. The van der Waals surface area contributed by atoms with Gasteiger partial charge in [-0.3, -0.25) is 0 Å². The lowest BCUT2D eigenvalue weighted by Gasteiger charge is -2.45. The number of hydrogen-bond acceptors (Lipinski definition) is 2. The Kier molecular flexibility index (Phi) is 10.7. The second kappa shape index (κ2) is 16.7. The molecule has 9 aromatic rings. The van der Waals surface area contributed by atoms with Gasteiger partial charge in [0.25, 0.3) is 6.71 Å². The third-order valence-electron chi connectivity index (χ3n) is 16.1. The SMILES string of the molecule is CC(C)(c1ccccc1)c1cccc(N2c3ccc(C(C)(C)c4ccccc4)cc3B3c4cc(C(C)(C)c5ccccc5)ccc4N(c4cccc(C(C)(C)c5ccccc5)c4)c4cccc2c43)c1. The van der Waals surface area contributed by atoms with Crippen LogP contribution in [-0.4, -0.2) is 6.71 Å². The number of fused-ring (bicyclic) bond motifs is 4. The van der Waals surface area contributed by atoms with Crippen molar-refractivity contribution in [2.75, 3.05) is 9.80 Å². The molecule has 0 aromatic heterocycles. The van der Waals surface area contributed by atoms with Crippen LogP contribution in [0.4, 0.5) is 34.1 Å². The predicted molar refractivity (Wildman–Crippen MR) is 295 cm³/mol. The van der Waals surface area contributed by atoms with Crippen LogP contribution in [0.25, 0.3) is 0 Å². The quantitative estimate of drug-likeness (QED) is 0.126. The molecule has 0 radical (unpaired) electrons. The van der Waals surface area contributed by atoms with Gasteiger partial charge in [0, 0.05) is 55.8 Å². The minimum atomic E-state index is -0.243. The zero-order valence-corrected chi connectivity index (χ0v) is 41.3. The molecule has 9 aromatic carbocycles. The molecule has 3 heteroatoms. The fourth-order valence-electron chi connectivity index (χ4n) is 11.4. The van der Waals surface area contributed by atoms with Crippen molar-refractivity contribution in [3.05, 3.63) is 269 Å². The van der Waals surface area contributed by atoms with Crippen molar-refractivity contribution < 1.29 is 0 Å². The Morgan fingerprint density at radius 1 is 0.261 bits per heavy atom. The molecule has 0 unspecified atom stereocenters. The average Bonchev–Trinajstić information content (AvgIpc) is 3.39. The van der Waals surface area contributed by atoms with Gasteiger partial charge in [0.05, 0.1) is 0 Å². The van der Waals surface area contributed by atoms with Crippen molar-refractivity contribution >= 4 is 57.2 Å². The van der Waals surface area contributed by atoms with Crippen LogP contribution < -0.4 is 26.2 Å². The van der Waals surface area contributed by atoms with E-state index in [1.165, 1.54) is 83.6 Å². The minimum Gasteiger partial charge on any atom is -0.311 e. The maximum Gasteiger partial charge on any atom is 0.252 e. The molecule has 2 heterocycles. The molecule has 11 rings (SSSR count). The van der Waals surface area contributed by atoms with Crippen LogP contribution in [0, 0.1) is 0 Å². The van der Waals surface area contributed by atoms with Crippen LogP contribution in [-0.2, 0) is 21.7 Å². The molecule has 0 bridgehead atoms. The van der Waals surface area contributed by atoms with E-state index in [2.05, 4.69) is 290 Å². The van der Waals surface area contributed by atoms with Crippen molar-refractivity contribution in [2.24, 2.45) is 0 Å². The average molecular weight is 893 g/mol. The van der Waals surface area contributed by atoms with Gasteiger partial charge in [-0.25, -0.2) is 0 Å². The Labute approximate surface area is 411 Å². The molecule has 0 saturated carbocycles. The molecule has 2 nitrogen and oxygen atoms in total. The van der Waals surface area contributed by atoms with Gasteiger partial charge in [-0.15, -0.1) is 0 Å². The van der Waals surface area contributed by atoms with E-state index < -0.39 is 0 Å². The molecule has 2 aliphatic heterocycles. The normalized spacial score (nSPS) is 13.4. The molecule has 0 aliphatic carbocycles. The van der Waals surface area contributed by atoms with Crippen LogP contribution in [0.5, 0.6) is 0 Å². The van der Waals surface area contributed by atoms with Crippen molar-refractivity contribution in [2.45, 2.75) is 77.0 Å². The second-order valence-electron chi connectivity index (χ2n) is 21.4. The summed E-state index contributed by atoms with van der Waals surface area (Å²) in [5.74, 6) is 0. The third kappa shape index (κ3) is 7.33. The van der Waals surface area contributed by atoms with Gasteiger partial charge < -0.3 is 9.80 Å². The van der Waals surface area contributed by atoms with Crippen molar-refractivity contribution in [1.82, 2.24) is 0 Å². The van der Waals surface area contributed by atoms with E-state index in [0.29, 0.717) is 0 Å².